The van der Waals surface area contributed by atoms with Gasteiger partial charge in [0.25, 0.3) is 0 Å². The van der Waals surface area contributed by atoms with Crippen molar-refractivity contribution in [2.75, 3.05) is 12.2 Å². The highest BCUT2D eigenvalue weighted by molar-refractivity contribution is 7.54. The summed E-state index contributed by atoms with van der Waals surface area (Å²) in [6, 6.07) is 0. The van der Waals surface area contributed by atoms with Crippen molar-refractivity contribution < 1.29 is 27.2 Å². The number of rotatable bonds is 4. The van der Waals surface area contributed by atoms with Crippen LogP contribution in [0.5, 0.6) is 0 Å². The van der Waals surface area contributed by atoms with Gasteiger partial charge in [-0.05, 0) is 13.8 Å². The van der Waals surface area contributed by atoms with Crippen molar-refractivity contribution in [1.82, 2.24) is 0 Å². The normalized spacial score (nSPS) is 17.9. The molecule has 0 radical (unpaired) electrons. The minimum absolute atomic E-state index is 0.721. The summed E-state index contributed by atoms with van der Waals surface area (Å²) in [5, 5.41) is 0. The minimum atomic E-state index is -4.49. The van der Waals surface area contributed by atoms with Gasteiger partial charge in [-0.25, -0.2) is 0 Å². The molecule has 8 heteroatoms. The highest BCUT2D eigenvalue weighted by Gasteiger charge is 2.48. The van der Waals surface area contributed by atoms with Crippen LogP contribution in [0.3, 0.4) is 0 Å². The largest absolute Gasteiger partial charge is 0.396 e. The summed E-state index contributed by atoms with van der Waals surface area (Å²) < 4.78 is 51.7. The second kappa shape index (κ2) is 4.39. The first-order chi connectivity index (χ1) is 6.02. The lowest BCUT2D eigenvalue weighted by Crippen LogP contribution is -2.36. The Balaban J connectivity index is 4.34. The van der Waals surface area contributed by atoms with Crippen molar-refractivity contribution in [2.45, 2.75) is 20.0 Å². The molecule has 0 rings (SSSR count). The number of halogens is 4. The Morgan fingerprint density at radius 2 is 1.86 bits per heavy atom. The third-order valence-corrected chi connectivity index (χ3v) is 3.29. The maximum Gasteiger partial charge on any atom is 0.396 e. The van der Waals surface area contributed by atoms with E-state index in [1.807, 2.05) is 0 Å². The van der Waals surface area contributed by atoms with Gasteiger partial charge in [-0.2, -0.15) is 13.2 Å². The molecule has 1 N–H and O–H groups in total. The van der Waals surface area contributed by atoms with E-state index < -0.39 is 31.4 Å². The quantitative estimate of drug-likeness (QED) is 0.620. The molecule has 0 spiro atoms. The molecule has 0 bridgehead atoms. The topological polar surface area (TPSA) is 46.5 Å². The van der Waals surface area contributed by atoms with Crippen LogP contribution < -0.4 is 0 Å². The van der Waals surface area contributed by atoms with Gasteiger partial charge in [0.2, 0.25) is 0 Å². The summed E-state index contributed by atoms with van der Waals surface area (Å²) >= 11 is 5.02. The van der Waals surface area contributed by atoms with Crippen molar-refractivity contribution in [2.24, 2.45) is 5.41 Å². The van der Waals surface area contributed by atoms with Gasteiger partial charge in [-0.15, -0.1) is 11.6 Å². The van der Waals surface area contributed by atoms with Gasteiger partial charge in [-0.3, -0.25) is 4.57 Å². The van der Waals surface area contributed by atoms with Crippen LogP contribution in [0.25, 0.3) is 0 Å². The number of hydrogen-bond donors (Lipinski definition) is 1. The van der Waals surface area contributed by atoms with Crippen molar-refractivity contribution in [1.29, 1.82) is 0 Å². The predicted molar refractivity (Wildman–Crippen MR) is 46.3 cm³/mol. The van der Waals surface area contributed by atoms with Gasteiger partial charge in [-0.1, -0.05) is 0 Å². The summed E-state index contributed by atoms with van der Waals surface area (Å²) in [4.78, 5) is 8.79. The third kappa shape index (κ3) is 4.17. The second-order valence-corrected chi connectivity index (χ2v) is 5.90. The summed E-state index contributed by atoms with van der Waals surface area (Å²) in [5.41, 5.74) is -2.89. The molecule has 1 unspecified atom stereocenters. The second-order valence-electron chi connectivity index (χ2n) is 3.41. The van der Waals surface area contributed by atoms with Crippen LogP contribution in [0.1, 0.15) is 13.8 Å². The third-order valence-electron chi connectivity index (χ3n) is 1.55. The molecular weight excluding hydrogens is 243 g/mol. The zero-order chi connectivity index (χ0) is 11.6. The first-order valence-corrected chi connectivity index (χ1v) is 5.91. The van der Waals surface area contributed by atoms with E-state index in [1.54, 1.807) is 0 Å². The summed E-state index contributed by atoms with van der Waals surface area (Å²) in [6.45, 7) is 0.861. The maximum atomic E-state index is 12.2. The molecule has 86 valence electrons. The van der Waals surface area contributed by atoms with E-state index >= 15 is 0 Å². The van der Waals surface area contributed by atoms with Crippen LogP contribution in [0, 0.1) is 5.41 Å². The highest BCUT2D eigenvalue weighted by atomic mass is 35.5. The lowest BCUT2D eigenvalue weighted by atomic mass is 9.94. The Labute approximate surface area is 84.7 Å². The zero-order valence-electron chi connectivity index (χ0n) is 7.64. The lowest BCUT2D eigenvalue weighted by Gasteiger charge is -2.27. The van der Waals surface area contributed by atoms with E-state index in [9.17, 15) is 17.7 Å². The van der Waals surface area contributed by atoms with E-state index in [0.717, 1.165) is 13.8 Å². The van der Waals surface area contributed by atoms with Crippen molar-refractivity contribution >= 4 is 19.2 Å². The minimum Gasteiger partial charge on any atom is -0.323 e. The van der Waals surface area contributed by atoms with Gasteiger partial charge in [0.15, 0.2) is 0 Å². The standard InChI is InChI=1S/C6H11ClF3O3P/c1-5(2,6(8,9)10)3-13-14(11,12)4-7/h3-4H2,1-2H3,(H,11,12). The molecular formula is C6H11ClF3O3P. The molecule has 3 nitrogen and oxygen atoms in total. The van der Waals surface area contributed by atoms with Gasteiger partial charge >= 0.3 is 13.8 Å². The van der Waals surface area contributed by atoms with Crippen molar-refractivity contribution in [3.63, 3.8) is 0 Å². The highest BCUT2D eigenvalue weighted by Crippen LogP contribution is 2.47. The molecule has 14 heavy (non-hydrogen) atoms. The fraction of sp³-hybridized carbons (Fsp3) is 1.00. The Hall–Kier alpha value is 0.230. The molecule has 0 amide bonds. The lowest BCUT2D eigenvalue weighted by molar-refractivity contribution is -0.219. The maximum absolute atomic E-state index is 12.2. The van der Waals surface area contributed by atoms with E-state index in [1.165, 1.54) is 0 Å². The van der Waals surface area contributed by atoms with Gasteiger partial charge < -0.3 is 9.42 Å². The molecule has 0 fully saturated rings. The summed E-state index contributed by atoms with van der Waals surface area (Å²) in [5.74, 6) is 0. The molecule has 0 saturated carbocycles. The average Bonchev–Trinajstić information content (AvgIpc) is 1.99. The van der Waals surface area contributed by atoms with Gasteiger partial charge in [0.05, 0.1) is 12.0 Å². The van der Waals surface area contributed by atoms with Crippen LogP contribution in [0.4, 0.5) is 13.2 Å². The average molecular weight is 255 g/mol. The van der Waals surface area contributed by atoms with Crippen LogP contribution in [0.2, 0.25) is 0 Å². The van der Waals surface area contributed by atoms with Crippen molar-refractivity contribution in [3.05, 3.63) is 0 Å². The Morgan fingerprint density at radius 3 is 2.14 bits per heavy atom. The molecule has 1 atom stereocenters. The molecule has 0 aliphatic rings. The van der Waals surface area contributed by atoms with Crippen LogP contribution in [-0.2, 0) is 9.09 Å². The van der Waals surface area contributed by atoms with E-state index in [0.29, 0.717) is 0 Å². The van der Waals surface area contributed by atoms with Gasteiger partial charge in [0.1, 0.15) is 5.62 Å². The SMILES string of the molecule is CC(C)(COP(=O)(O)CCl)C(F)(F)F. The van der Waals surface area contributed by atoms with Crippen molar-refractivity contribution in [3.8, 4) is 0 Å². The van der Waals surface area contributed by atoms with E-state index in [-0.39, 0.29) is 0 Å². The Morgan fingerprint density at radius 1 is 1.43 bits per heavy atom. The zero-order valence-corrected chi connectivity index (χ0v) is 9.29. The fourth-order valence-corrected chi connectivity index (χ4v) is 1.18. The molecule has 0 aliphatic carbocycles. The van der Waals surface area contributed by atoms with E-state index in [2.05, 4.69) is 4.52 Å². The smallest absolute Gasteiger partial charge is 0.323 e. The monoisotopic (exact) mass is 254 g/mol. The van der Waals surface area contributed by atoms with Crippen LogP contribution in [-0.4, -0.2) is 23.3 Å². The first-order valence-electron chi connectivity index (χ1n) is 3.61. The van der Waals surface area contributed by atoms with E-state index in [4.69, 9.17) is 16.5 Å². The summed E-state index contributed by atoms with van der Waals surface area (Å²) in [7, 11) is -4.07. The molecule has 0 aromatic heterocycles. The molecule has 0 saturated heterocycles. The van der Waals surface area contributed by atoms with Gasteiger partial charge in [0, 0.05) is 0 Å². The molecule has 0 aromatic rings. The first kappa shape index (κ1) is 14.2. The molecule has 0 aromatic carbocycles. The molecule has 0 heterocycles. The van der Waals surface area contributed by atoms with Crippen LogP contribution >= 0.6 is 19.2 Å². The number of hydrogen-bond acceptors (Lipinski definition) is 2. The molecule has 0 aliphatic heterocycles. The predicted octanol–water partition coefficient (Wildman–Crippen LogP) is 2.97. The Kier molecular flexibility index (Phi) is 4.46. The number of alkyl halides is 4. The van der Waals surface area contributed by atoms with Crippen LogP contribution in [0.15, 0.2) is 0 Å². The fourth-order valence-electron chi connectivity index (χ4n) is 0.379. The Bertz CT molecular complexity index is 241. The summed E-state index contributed by atoms with van der Waals surface area (Å²) in [6.07, 6.45) is -4.49.